The molecule has 1 aliphatic heterocycles. The Kier molecular flexibility index (Phi) is 8.17. The first-order chi connectivity index (χ1) is 15.6. The number of carbonyl (C=O) groups excluding carboxylic acids is 2. The molecular formula is C20H25Cl2F3N6O2. The lowest BCUT2D eigenvalue weighted by atomic mass is 10.1. The number of halogens is 5. The summed E-state index contributed by atoms with van der Waals surface area (Å²) in [5.41, 5.74) is -0.329. The van der Waals surface area contributed by atoms with Crippen molar-refractivity contribution in [3.05, 3.63) is 40.3 Å². The molecule has 13 heteroatoms. The fourth-order valence-corrected chi connectivity index (χ4v) is 4.07. The molecule has 1 aliphatic carbocycles. The van der Waals surface area contributed by atoms with Crippen molar-refractivity contribution in [3.8, 4) is 0 Å². The predicted octanol–water partition coefficient (Wildman–Crippen LogP) is 2.97. The first kappa shape index (κ1) is 25.2. The van der Waals surface area contributed by atoms with Crippen LogP contribution in [0.4, 0.5) is 18.0 Å². The van der Waals surface area contributed by atoms with Gasteiger partial charge in [-0.3, -0.25) is 9.48 Å². The minimum absolute atomic E-state index is 0.0177. The number of carbonyl (C=O) groups is 2. The van der Waals surface area contributed by atoms with E-state index >= 15 is 0 Å². The molecule has 1 aromatic rings. The summed E-state index contributed by atoms with van der Waals surface area (Å²) >= 11 is 12.0. The highest BCUT2D eigenvalue weighted by Gasteiger charge is 2.39. The molecule has 1 atom stereocenters. The molecule has 3 amide bonds. The summed E-state index contributed by atoms with van der Waals surface area (Å²) in [6.07, 6.45) is 1.87. The van der Waals surface area contributed by atoms with Gasteiger partial charge in [0.2, 0.25) is 5.91 Å². The average molecular weight is 509 g/mol. The van der Waals surface area contributed by atoms with Crippen LogP contribution in [0.2, 0.25) is 5.02 Å². The van der Waals surface area contributed by atoms with E-state index in [1.807, 2.05) is 18.2 Å². The Morgan fingerprint density at radius 2 is 1.91 bits per heavy atom. The summed E-state index contributed by atoms with van der Waals surface area (Å²) < 4.78 is 40.9. The monoisotopic (exact) mass is 508 g/mol. The summed E-state index contributed by atoms with van der Waals surface area (Å²) in [5, 5.41) is 7.79. The van der Waals surface area contributed by atoms with Crippen LogP contribution in [0.3, 0.4) is 0 Å². The van der Waals surface area contributed by atoms with Gasteiger partial charge in [-0.25, -0.2) is 4.79 Å². The molecule has 3 rings (SSSR count). The lowest BCUT2D eigenvalue weighted by molar-refractivity contribution is -0.142. The van der Waals surface area contributed by atoms with E-state index in [4.69, 9.17) is 23.2 Å². The minimum atomic E-state index is -4.79. The van der Waals surface area contributed by atoms with Gasteiger partial charge in [-0.15, -0.1) is 11.6 Å². The van der Waals surface area contributed by atoms with E-state index in [0.717, 1.165) is 16.8 Å². The Labute approximate surface area is 199 Å². The van der Waals surface area contributed by atoms with Gasteiger partial charge in [0.25, 0.3) is 0 Å². The van der Waals surface area contributed by atoms with Gasteiger partial charge in [-0.05, 0) is 19.4 Å². The van der Waals surface area contributed by atoms with Crippen molar-refractivity contribution in [2.75, 3.05) is 32.7 Å². The Morgan fingerprint density at radius 1 is 1.21 bits per heavy atom. The summed E-state index contributed by atoms with van der Waals surface area (Å²) in [6.45, 7) is 3.34. The van der Waals surface area contributed by atoms with Gasteiger partial charge in [0.05, 0.1) is 22.6 Å². The normalized spacial score (nSPS) is 18.8. The predicted molar refractivity (Wildman–Crippen MR) is 118 cm³/mol. The molecule has 33 heavy (non-hydrogen) atoms. The van der Waals surface area contributed by atoms with Crippen molar-refractivity contribution in [3.63, 3.8) is 0 Å². The van der Waals surface area contributed by atoms with Gasteiger partial charge >= 0.3 is 12.2 Å². The largest absolute Gasteiger partial charge is 0.436 e. The average Bonchev–Trinajstić information content (AvgIpc) is 3.08. The van der Waals surface area contributed by atoms with Crippen LogP contribution >= 0.6 is 23.2 Å². The number of aromatic nitrogens is 2. The van der Waals surface area contributed by atoms with Crippen LogP contribution < -0.4 is 10.6 Å². The number of urea groups is 1. The summed E-state index contributed by atoms with van der Waals surface area (Å²) in [5.74, 6) is -0.379. The van der Waals surface area contributed by atoms with Gasteiger partial charge in [0, 0.05) is 38.4 Å². The van der Waals surface area contributed by atoms with Crippen molar-refractivity contribution in [2.24, 2.45) is 0 Å². The third kappa shape index (κ3) is 6.35. The fraction of sp³-hybridized carbons (Fsp3) is 0.550. The lowest BCUT2D eigenvalue weighted by Crippen LogP contribution is -2.49. The molecule has 1 aromatic heterocycles. The molecule has 1 saturated heterocycles. The van der Waals surface area contributed by atoms with Crippen molar-refractivity contribution < 1.29 is 22.8 Å². The Balaban J connectivity index is 1.67. The number of piperazine rings is 1. The maximum atomic E-state index is 13.3. The molecule has 2 N–H and O–H groups in total. The van der Waals surface area contributed by atoms with Gasteiger partial charge in [-0.1, -0.05) is 23.8 Å². The number of hydrogen-bond acceptors (Lipinski definition) is 4. The van der Waals surface area contributed by atoms with E-state index in [2.05, 4.69) is 20.6 Å². The van der Waals surface area contributed by atoms with Crippen LogP contribution in [0.25, 0.3) is 0 Å². The molecule has 1 fully saturated rings. The molecule has 182 valence electrons. The molecule has 2 heterocycles. The third-order valence-corrected chi connectivity index (χ3v) is 6.05. The molecule has 0 saturated carbocycles. The molecular weight excluding hydrogens is 484 g/mol. The SMILES string of the molecule is CCNC(=O)NCc1c(Cl)c(C(F)(F)F)nn1CC(=O)N1CCN(C2=CCC(Cl)C=C2)CC1. The highest BCUT2D eigenvalue weighted by atomic mass is 35.5. The third-order valence-electron chi connectivity index (χ3n) is 5.33. The van der Waals surface area contributed by atoms with Crippen LogP contribution in [0.5, 0.6) is 0 Å². The van der Waals surface area contributed by atoms with Gasteiger partial charge < -0.3 is 20.4 Å². The van der Waals surface area contributed by atoms with Crippen molar-refractivity contribution in [1.82, 2.24) is 30.2 Å². The highest BCUT2D eigenvalue weighted by molar-refractivity contribution is 6.32. The number of allylic oxidation sites excluding steroid dienone is 3. The van der Waals surface area contributed by atoms with E-state index in [1.165, 1.54) is 0 Å². The summed E-state index contributed by atoms with van der Waals surface area (Å²) in [6, 6.07) is -0.566. The molecule has 0 aromatic carbocycles. The smallest absolute Gasteiger partial charge is 0.368 e. The lowest BCUT2D eigenvalue weighted by Gasteiger charge is -2.37. The summed E-state index contributed by atoms with van der Waals surface area (Å²) in [4.78, 5) is 28.2. The van der Waals surface area contributed by atoms with Crippen molar-refractivity contribution in [2.45, 2.75) is 38.0 Å². The van der Waals surface area contributed by atoms with Gasteiger partial charge in [-0.2, -0.15) is 18.3 Å². The van der Waals surface area contributed by atoms with Gasteiger partial charge in [0.1, 0.15) is 6.54 Å². The maximum Gasteiger partial charge on any atom is 0.436 e. The second kappa shape index (κ2) is 10.7. The zero-order valence-electron chi connectivity index (χ0n) is 18.0. The van der Waals surface area contributed by atoms with Crippen LogP contribution in [0.15, 0.2) is 23.9 Å². The zero-order valence-corrected chi connectivity index (χ0v) is 19.5. The van der Waals surface area contributed by atoms with E-state index in [1.54, 1.807) is 11.8 Å². The molecule has 2 aliphatic rings. The van der Waals surface area contributed by atoms with E-state index in [0.29, 0.717) is 32.7 Å². The Hall–Kier alpha value is -2.40. The highest BCUT2D eigenvalue weighted by Crippen LogP contribution is 2.35. The van der Waals surface area contributed by atoms with Crippen molar-refractivity contribution >= 4 is 35.1 Å². The molecule has 8 nitrogen and oxygen atoms in total. The van der Waals surface area contributed by atoms with Crippen LogP contribution in [-0.4, -0.2) is 69.6 Å². The van der Waals surface area contributed by atoms with Crippen molar-refractivity contribution in [1.29, 1.82) is 0 Å². The molecule has 0 radical (unpaired) electrons. The molecule has 1 unspecified atom stereocenters. The molecule has 0 bridgehead atoms. The number of amides is 3. The first-order valence-corrected chi connectivity index (χ1v) is 11.3. The topological polar surface area (TPSA) is 82.5 Å². The Bertz CT molecular complexity index is 939. The standard InChI is InChI=1S/C20H25Cl2F3N6O2/c1-2-26-19(33)27-11-15-17(22)18(20(23,24)25)28-31(15)12-16(32)30-9-7-29(8-10-30)14-5-3-13(21)4-6-14/h3,5-6,13H,2,4,7-12H2,1H3,(H2,26,27,33). The van der Waals surface area contributed by atoms with Crippen LogP contribution in [0, 0.1) is 0 Å². The number of alkyl halides is 4. The maximum absolute atomic E-state index is 13.3. The first-order valence-electron chi connectivity index (χ1n) is 10.5. The van der Waals surface area contributed by atoms with Crippen LogP contribution in [0.1, 0.15) is 24.7 Å². The molecule has 0 spiro atoms. The van der Waals surface area contributed by atoms with E-state index in [9.17, 15) is 22.8 Å². The Morgan fingerprint density at radius 3 is 2.48 bits per heavy atom. The van der Waals surface area contributed by atoms with E-state index < -0.39 is 29.5 Å². The second-order valence-electron chi connectivity index (χ2n) is 7.59. The fourth-order valence-electron chi connectivity index (χ4n) is 3.60. The van der Waals surface area contributed by atoms with Gasteiger partial charge in [0.15, 0.2) is 5.69 Å². The van der Waals surface area contributed by atoms with E-state index in [-0.39, 0.29) is 23.5 Å². The quantitative estimate of drug-likeness (QED) is 0.578. The second-order valence-corrected chi connectivity index (χ2v) is 8.52. The summed E-state index contributed by atoms with van der Waals surface area (Å²) in [7, 11) is 0. The number of nitrogens with one attached hydrogen (secondary N) is 2. The number of rotatable bonds is 6. The number of nitrogens with zero attached hydrogens (tertiary/aromatic N) is 4. The van der Waals surface area contributed by atoms with Crippen LogP contribution in [-0.2, 0) is 24.1 Å². The zero-order chi connectivity index (χ0) is 24.2. The number of hydrogen-bond donors (Lipinski definition) is 2. The minimum Gasteiger partial charge on any atom is -0.368 e.